The average molecular weight is 282 g/mol. The molecule has 1 aromatic heterocycles. The fraction of sp³-hybridized carbons (Fsp3) is 0.176. The molecule has 1 heterocycles. The van der Waals surface area contributed by atoms with Crippen LogP contribution in [0, 0.1) is 0 Å². The van der Waals surface area contributed by atoms with Gasteiger partial charge >= 0.3 is 5.97 Å². The van der Waals surface area contributed by atoms with Crippen molar-refractivity contribution in [3.05, 3.63) is 66.0 Å². The summed E-state index contributed by atoms with van der Waals surface area (Å²) < 4.78 is 6.63. The number of hydrogen-bond donors (Lipinski definition) is 0. The summed E-state index contributed by atoms with van der Waals surface area (Å²) in [5.41, 5.74) is 2.03. The van der Waals surface area contributed by atoms with Crippen molar-refractivity contribution in [1.82, 2.24) is 9.78 Å². The molecule has 0 amide bonds. The van der Waals surface area contributed by atoms with Gasteiger partial charge in [-0.1, -0.05) is 42.5 Å². The summed E-state index contributed by atoms with van der Waals surface area (Å²) in [5.74, 6) is -0.339. The highest BCUT2D eigenvalue weighted by Crippen LogP contribution is 2.04. The summed E-state index contributed by atoms with van der Waals surface area (Å²) in [6.45, 7) is 2.84. The lowest BCUT2D eigenvalue weighted by Crippen LogP contribution is -1.98. The smallest absolute Gasteiger partial charge is 0.330 e. The van der Waals surface area contributed by atoms with Crippen LogP contribution in [0.3, 0.4) is 0 Å². The van der Waals surface area contributed by atoms with Gasteiger partial charge in [-0.2, -0.15) is 5.10 Å². The number of rotatable bonds is 6. The molecule has 0 saturated heterocycles. The molecule has 108 valence electrons. The molecule has 4 heteroatoms. The Morgan fingerprint density at radius 3 is 2.81 bits per heavy atom. The number of esters is 1. The van der Waals surface area contributed by atoms with Gasteiger partial charge in [0.15, 0.2) is 0 Å². The second-order valence-electron chi connectivity index (χ2n) is 4.39. The van der Waals surface area contributed by atoms with Crippen molar-refractivity contribution in [2.24, 2.45) is 0 Å². The van der Waals surface area contributed by atoms with Crippen LogP contribution < -0.4 is 0 Å². The van der Waals surface area contributed by atoms with Crippen LogP contribution in [-0.4, -0.2) is 22.4 Å². The molecule has 1 aromatic carbocycles. The number of allylic oxidation sites excluding steroid dienone is 1. The van der Waals surface area contributed by atoms with Crippen LogP contribution >= 0.6 is 0 Å². The molecule has 0 radical (unpaired) electrons. The molecule has 0 N–H and O–H groups in total. The molecule has 0 atom stereocenters. The zero-order valence-electron chi connectivity index (χ0n) is 12.0. The van der Waals surface area contributed by atoms with Crippen molar-refractivity contribution in [1.29, 1.82) is 0 Å². The van der Waals surface area contributed by atoms with Crippen LogP contribution in [0.25, 0.3) is 12.2 Å². The lowest BCUT2D eigenvalue weighted by Gasteiger charge is -1.95. The molecule has 2 aromatic rings. The summed E-state index contributed by atoms with van der Waals surface area (Å²) in [7, 11) is 0. The quantitative estimate of drug-likeness (QED) is 0.604. The Bertz CT molecular complexity index is 627. The van der Waals surface area contributed by atoms with Gasteiger partial charge in [0.1, 0.15) is 0 Å². The summed E-state index contributed by atoms with van der Waals surface area (Å²) >= 11 is 0. The van der Waals surface area contributed by atoms with E-state index in [2.05, 4.69) is 11.2 Å². The first-order valence-corrected chi connectivity index (χ1v) is 6.87. The highest BCUT2D eigenvalue weighted by Gasteiger charge is 1.96. The fourth-order valence-corrected chi connectivity index (χ4v) is 1.78. The molecule has 0 fully saturated rings. The highest BCUT2D eigenvalue weighted by molar-refractivity contribution is 5.86. The van der Waals surface area contributed by atoms with Crippen molar-refractivity contribution < 1.29 is 9.53 Å². The molecule has 0 aliphatic carbocycles. The minimum absolute atomic E-state index is 0.339. The first-order valence-electron chi connectivity index (χ1n) is 6.87. The van der Waals surface area contributed by atoms with E-state index in [1.54, 1.807) is 19.2 Å². The van der Waals surface area contributed by atoms with Crippen molar-refractivity contribution >= 4 is 18.1 Å². The van der Waals surface area contributed by atoms with Gasteiger partial charge in [-0.3, -0.25) is 4.68 Å². The predicted octanol–water partition coefficient (Wildman–Crippen LogP) is 3.17. The van der Waals surface area contributed by atoms with Gasteiger partial charge in [0.05, 0.1) is 19.3 Å². The summed E-state index contributed by atoms with van der Waals surface area (Å²) in [6, 6.07) is 10.1. The van der Waals surface area contributed by atoms with Gasteiger partial charge in [0, 0.05) is 17.8 Å². The van der Waals surface area contributed by atoms with E-state index < -0.39 is 0 Å². The normalized spacial score (nSPS) is 11.3. The molecular formula is C17H18N2O2. The van der Waals surface area contributed by atoms with Crippen LogP contribution in [0.5, 0.6) is 0 Å². The maximum absolute atomic E-state index is 11.2. The maximum atomic E-state index is 11.2. The minimum atomic E-state index is -0.339. The first kappa shape index (κ1) is 14.8. The number of aromatic nitrogens is 2. The Hall–Kier alpha value is -2.62. The molecule has 0 bridgehead atoms. The minimum Gasteiger partial charge on any atom is -0.463 e. The van der Waals surface area contributed by atoms with E-state index in [-0.39, 0.29) is 5.97 Å². The van der Waals surface area contributed by atoms with E-state index in [4.69, 9.17) is 4.74 Å². The molecule has 4 nitrogen and oxygen atoms in total. The molecule has 0 spiro atoms. The summed E-state index contributed by atoms with van der Waals surface area (Å²) in [6.07, 6.45) is 10.8. The van der Waals surface area contributed by atoms with Crippen molar-refractivity contribution in [3.63, 3.8) is 0 Å². The summed E-state index contributed by atoms with van der Waals surface area (Å²) in [5, 5.41) is 4.23. The largest absolute Gasteiger partial charge is 0.463 e. The molecule has 0 unspecified atom stereocenters. The fourth-order valence-electron chi connectivity index (χ4n) is 1.78. The number of ether oxygens (including phenoxy) is 1. The number of carbonyl (C=O) groups is 1. The molecule has 21 heavy (non-hydrogen) atoms. The molecule has 2 rings (SSSR count). The van der Waals surface area contributed by atoms with Crippen molar-refractivity contribution in [2.75, 3.05) is 6.61 Å². The van der Waals surface area contributed by atoms with E-state index in [9.17, 15) is 4.79 Å². The van der Waals surface area contributed by atoms with Crippen molar-refractivity contribution in [3.8, 4) is 0 Å². The number of hydrogen-bond acceptors (Lipinski definition) is 3. The van der Waals surface area contributed by atoms with E-state index in [1.807, 2.05) is 47.3 Å². The van der Waals surface area contributed by atoms with Crippen LogP contribution in [0.1, 0.15) is 18.1 Å². The average Bonchev–Trinajstić information content (AvgIpc) is 2.95. The lowest BCUT2D eigenvalue weighted by atomic mass is 10.2. The summed E-state index contributed by atoms with van der Waals surface area (Å²) in [4.78, 5) is 11.2. The number of nitrogens with zero attached hydrogens (tertiary/aromatic N) is 2. The third kappa shape index (κ3) is 5.10. The number of benzene rings is 1. The Kier molecular flexibility index (Phi) is 5.52. The van der Waals surface area contributed by atoms with E-state index in [0.29, 0.717) is 13.2 Å². The van der Waals surface area contributed by atoms with Gasteiger partial charge in [0.2, 0.25) is 0 Å². The zero-order valence-corrected chi connectivity index (χ0v) is 12.0. The Morgan fingerprint density at radius 1 is 1.24 bits per heavy atom. The van der Waals surface area contributed by atoms with Gasteiger partial charge in [-0.05, 0) is 18.6 Å². The van der Waals surface area contributed by atoms with Gasteiger partial charge < -0.3 is 4.74 Å². The first-order chi connectivity index (χ1) is 10.3. The monoisotopic (exact) mass is 282 g/mol. The molecular weight excluding hydrogens is 264 g/mol. The van der Waals surface area contributed by atoms with Gasteiger partial charge in [0.25, 0.3) is 0 Å². The SMILES string of the molecule is CCOC(=O)/C=C/c1cnn(CC=Cc2ccccc2)c1. The Labute approximate surface area is 124 Å². The third-order valence-electron chi connectivity index (χ3n) is 2.75. The van der Waals surface area contributed by atoms with Crippen LogP contribution in [-0.2, 0) is 16.1 Å². The third-order valence-corrected chi connectivity index (χ3v) is 2.75. The molecule has 0 saturated carbocycles. The van der Waals surface area contributed by atoms with Gasteiger partial charge in [-0.15, -0.1) is 0 Å². The zero-order chi connectivity index (χ0) is 14.9. The van der Waals surface area contributed by atoms with E-state index in [0.717, 1.165) is 11.1 Å². The lowest BCUT2D eigenvalue weighted by molar-refractivity contribution is -0.137. The standard InChI is InChI=1S/C17H18N2O2/c1-2-21-17(20)11-10-16-13-18-19(14-16)12-6-9-15-7-4-3-5-8-15/h3-11,13-14H,2,12H2,1H3/b9-6?,11-10+. The number of carbonyl (C=O) groups excluding carboxylic acids is 1. The predicted molar refractivity (Wildman–Crippen MR) is 83.4 cm³/mol. The van der Waals surface area contributed by atoms with E-state index >= 15 is 0 Å². The second-order valence-corrected chi connectivity index (χ2v) is 4.39. The molecule has 0 aliphatic heterocycles. The molecule has 0 aliphatic rings. The van der Waals surface area contributed by atoms with E-state index in [1.165, 1.54) is 6.08 Å². The van der Waals surface area contributed by atoms with Crippen molar-refractivity contribution in [2.45, 2.75) is 13.5 Å². The van der Waals surface area contributed by atoms with Crippen LogP contribution in [0.4, 0.5) is 0 Å². The highest BCUT2D eigenvalue weighted by atomic mass is 16.5. The Morgan fingerprint density at radius 2 is 2.05 bits per heavy atom. The van der Waals surface area contributed by atoms with Gasteiger partial charge in [-0.25, -0.2) is 4.79 Å². The van der Waals surface area contributed by atoms with Crippen LogP contribution in [0.2, 0.25) is 0 Å². The second kappa shape index (κ2) is 7.85. The maximum Gasteiger partial charge on any atom is 0.330 e. The Balaban J connectivity index is 1.88. The topological polar surface area (TPSA) is 44.1 Å². The van der Waals surface area contributed by atoms with Crippen LogP contribution in [0.15, 0.2) is 54.9 Å².